The fourth-order valence-electron chi connectivity index (χ4n) is 2.45. The maximum atomic E-state index is 10.4. The van der Waals surface area contributed by atoms with Gasteiger partial charge in [-0.1, -0.05) is 67.9 Å². The highest BCUT2D eigenvalue weighted by molar-refractivity contribution is 5.25. The van der Waals surface area contributed by atoms with Gasteiger partial charge >= 0.3 is 0 Å². The predicted molar refractivity (Wildman–Crippen MR) is 88.1 cm³/mol. The zero-order valence-electron chi connectivity index (χ0n) is 12.9. The van der Waals surface area contributed by atoms with E-state index in [4.69, 9.17) is 0 Å². The molecule has 2 N–H and O–H groups in total. The van der Waals surface area contributed by atoms with Gasteiger partial charge in [-0.3, -0.25) is 0 Å². The lowest BCUT2D eigenvalue weighted by atomic mass is 10.0. The maximum absolute atomic E-state index is 10.4. The molecule has 0 spiro atoms. The van der Waals surface area contributed by atoms with Crippen LogP contribution in [0.5, 0.6) is 0 Å². The lowest BCUT2D eigenvalue weighted by molar-refractivity contribution is 0.135. The fourth-order valence-corrected chi connectivity index (χ4v) is 2.45. The molecule has 2 atom stereocenters. The lowest BCUT2D eigenvalue weighted by Gasteiger charge is -2.21. The molecule has 0 amide bonds. The Morgan fingerprint density at radius 1 is 0.952 bits per heavy atom. The molecule has 2 rings (SSSR count). The molecule has 0 saturated heterocycles. The van der Waals surface area contributed by atoms with Crippen LogP contribution in [-0.4, -0.2) is 11.1 Å². The molecule has 0 fully saturated rings. The van der Waals surface area contributed by atoms with Gasteiger partial charge in [0, 0.05) is 12.6 Å². The summed E-state index contributed by atoms with van der Waals surface area (Å²) in [6, 6.07) is 18.6. The van der Waals surface area contributed by atoms with E-state index in [0.717, 1.165) is 24.9 Å². The largest absolute Gasteiger partial charge is 0.387 e. The molecule has 0 aliphatic carbocycles. The summed E-state index contributed by atoms with van der Waals surface area (Å²) in [7, 11) is 0. The Kier molecular flexibility index (Phi) is 5.97. The topological polar surface area (TPSA) is 32.3 Å². The molecular formula is C19H25NO. The van der Waals surface area contributed by atoms with Gasteiger partial charge in [-0.15, -0.1) is 0 Å². The van der Waals surface area contributed by atoms with E-state index >= 15 is 0 Å². The van der Waals surface area contributed by atoms with Crippen molar-refractivity contribution in [1.82, 2.24) is 5.32 Å². The van der Waals surface area contributed by atoms with Crippen molar-refractivity contribution in [3.63, 3.8) is 0 Å². The van der Waals surface area contributed by atoms with Crippen molar-refractivity contribution in [1.29, 1.82) is 0 Å². The molecule has 112 valence electrons. The molecule has 2 aromatic rings. The Bertz CT molecular complexity index is 521. The van der Waals surface area contributed by atoms with Crippen LogP contribution in [0.1, 0.15) is 43.1 Å². The highest BCUT2D eigenvalue weighted by Crippen LogP contribution is 2.18. The summed E-state index contributed by atoms with van der Waals surface area (Å²) in [6.45, 7) is 4.97. The highest BCUT2D eigenvalue weighted by Gasteiger charge is 2.15. The van der Waals surface area contributed by atoms with Crippen molar-refractivity contribution in [3.05, 3.63) is 71.3 Å². The van der Waals surface area contributed by atoms with E-state index in [2.05, 4.69) is 36.5 Å². The normalized spacial score (nSPS) is 13.9. The van der Waals surface area contributed by atoms with E-state index in [9.17, 15) is 5.11 Å². The molecule has 0 saturated carbocycles. The summed E-state index contributed by atoms with van der Waals surface area (Å²) in [5, 5.41) is 13.8. The Hall–Kier alpha value is -1.64. The number of aryl methyl sites for hydroxylation is 1. The summed E-state index contributed by atoms with van der Waals surface area (Å²) < 4.78 is 0. The predicted octanol–water partition coefficient (Wildman–Crippen LogP) is 3.85. The van der Waals surface area contributed by atoms with Crippen LogP contribution in [-0.2, 0) is 13.0 Å². The first kappa shape index (κ1) is 15.7. The van der Waals surface area contributed by atoms with E-state index in [0.29, 0.717) is 0 Å². The summed E-state index contributed by atoms with van der Waals surface area (Å²) in [5.41, 5.74) is 3.54. The first-order valence-electron chi connectivity index (χ1n) is 7.75. The molecule has 2 unspecified atom stereocenters. The van der Waals surface area contributed by atoms with E-state index in [1.165, 1.54) is 11.1 Å². The number of aliphatic hydroxyl groups excluding tert-OH is 1. The Balaban J connectivity index is 1.90. The van der Waals surface area contributed by atoms with Crippen molar-refractivity contribution < 1.29 is 5.11 Å². The monoisotopic (exact) mass is 283 g/mol. The fraction of sp³-hybridized carbons (Fsp3) is 0.368. The third kappa shape index (κ3) is 4.69. The van der Waals surface area contributed by atoms with Gasteiger partial charge in [0.15, 0.2) is 0 Å². The molecule has 0 bridgehead atoms. The van der Waals surface area contributed by atoms with E-state index in [-0.39, 0.29) is 6.04 Å². The Morgan fingerprint density at radius 3 is 2.24 bits per heavy atom. The summed E-state index contributed by atoms with van der Waals surface area (Å²) in [6.07, 6.45) is 1.76. The quantitative estimate of drug-likeness (QED) is 0.809. The molecule has 2 heteroatoms. The van der Waals surface area contributed by atoms with E-state index < -0.39 is 6.10 Å². The molecule has 0 aromatic heterocycles. The second kappa shape index (κ2) is 7.96. The summed E-state index contributed by atoms with van der Waals surface area (Å²) in [4.78, 5) is 0. The second-order valence-electron chi connectivity index (χ2n) is 5.59. The van der Waals surface area contributed by atoms with Crippen LogP contribution in [0.4, 0.5) is 0 Å². The van der Waals surface area contributed by atoms with Crippen LogP contribution in [0.25, 0.3) is 0 Å². The second-order valence-corrected chi connectivity index (χ2v) is 5.59. The molecule has 21 heavy (non-hydrogen) atoms. The zero-order valence-corrected chi connectivity index (χ0v) is 12.9. The van der Waals surface area contributed by atoms with Crippen molar-refractivity contribution in [2.75, 3.05) is 0 Å². The average molecular weight is 283 g/mol. The summed E-state index contributed by atoms with van der Waals surface area (Å²) in [5.74, 6) is 0. The maximum Gasteiger partial charge on any atom is 0.0940 e. The average Bonchev–Trinajstić information content (AvgIpc) is 2.54. The molecule has 0 heterocycles. The summed E-state index contributed by atoms with van der Waals surface area (Å²) >= 11 is 0. The number of hydrogen-bond donors (Lipinski definition) is 2. The minimum atomic E-state index is -0.482. The Labute approximate surface area is 127 Å². The number of benzene rings is 2. The molecule has 0 radical (unpaired) electrons. The van der Waals surface area contributed by atoms with Crippen LogP contribution in [0.2, 0.25) is 0 Å². The molecular weight excluding hydrogens is 258 g/mol. The van der Waals surface area contributed by atoms with Crippen LogP contribution >= 0.6 is 0 Å². The number of aliphatic hydroxyl groups is 1. The van der Waals surface area contributed by atoms with Crippen LogP contribution in [0, 0.1) is 0 Å². The molecule has 0 aliphatic heterocycles. The van der Waals surface area contributed by atoms with Crippen LogP contribution < -0.4 is 5.32 Å². The first-order chi connectivity index (χ1) is 10.2. The van der Waals surface area contributed by atoms with Gasteiger partial charge < -0.3 is 10.4 Å². The molecule has 0 aliphatic rings. The van der Waals surface area contributed by atoms with Crippen molar-refractivity contribution in [3.8, 4) is 0 Å². The van der Waals surface area contributed by atoms with Gasteiger partial charge in [0.1, 0.15) is 0 Å². The molecule has 2 nitrogen and oxygen atoms in total. The van der Waals surface area contributed by atoms with Gasteiger partial charge in [0.05, 0.1) is 6.10 Å². The first-order valence-corrected chi connectivity index (χ1v) is 7.75. The van der Waals surface area contributed by atoms with Crippen molar-refractivity contribution in [2.45, 2.75) is 45.4 Å². The van der Waals surface area contributed by atoms with Gasteiger partial charge in [-0.25, -0.2) is 0 Å². The minimum Gasteiger partial charge on any atom is -0.387 e. The molecule has 2 aromatic carbocycles. The number of hydrogen-bond acceptors (Lipinski definition) is 2. The standard InChI is InChI=1S/C19H25NO/c1-3-7-16-10-12-18(13-11-16)19(21)15(2)20-14-17-8-5-4-6-9-17/h4-6,8-13,15,19-21H,3,7,14H2,1-2H3. The van der Waals surface area contributed by atoms with Gasteiger partial charge in [-0.05, 0) is 30.0 Å². The zero-order chi connectivity index (χ0) is 15.1. The Morgan fingerprint density at radius 2 is 1.62 bits per heavy atom. The highest BCUT2D eigenvalue weighted by atomic mass is 16.3. The van der Waals surface area contributed by atoms with Gasteiger partial charge in [0.25, 0.3) is 0 Å². The lowest BCUT2D eigenvalue weighted by Crippen LogP contribution is -2.31. The van der Waals surface area contributed by atoms with E-state index in [1.807, 2.05) is 37.3 Å². The number of rotatable bonds is 7. The van der Waals surface area contributed by atoms with E-state index in [1.54, 1.807) is 0 Å². The van der Waals surface area contributed by atoms with Gasteiger partial charge in [0.2, 0.25) is 0 Å². The minimum absolute atomic E-state index is 0.0160. The van der Waals surface area contributed by atoms with Crippen molar-refractivity contribution >= 4 is 0 Å². The van der Waals surface area contributed by atoms with Gasteiger partial charge in [-0.2, -0.15) is 0 Å². The van der Waals surface area contributed by atoms with Crippen molar-refractivity contribution in [2.24, 2.45) is 0 Å². The van der Waals surface area contributed by atoms with Crippen LogP contribution in [0.15, 0.2) is 54.6 Å². The number of nitrogens with one attached hydrogen (secondary N) is 1. The smallest absolute Gasteiger partial charge is 0.0940 e. The third-order valence-corrected chi connectivity index (χ3v) is 3.80. The third-order valence-electron chi connectivity index (χ3n) is 3.80. The van der Waals surface area contributed by atoms with Crippen LogP contribution in [0.3, 0.4) is 0 Å². The SMILES string of the molecule is CCCc1ccc(C(O)C(C)NCc2ccccc2)cc1.